The molecule has 1 aromatic carbocycles. The minimum absolute atomic E-state index is 0.0392. The highest BCUT2D eigenvalue weighted by Crippen LogP contribution is 2.31. The molecular weight excluding hydrogens is 308 g/mol. The van der Waals surface area contributed by atoms with Crippen molar-refractivity contribution >= 4 is 23.3 Å². The number of nitriles is 1. The van der Waals surface area contributed by atoms with Crippen molar-refractivity contribution in [1.29, 1.82) is 5.26 Å². The Morgan fingerprint density at radius 2 is 2.00 bits per heavy atom. The Morgan fingerprint density at radius 3 is 2.54 bits per heavy atom. The predicted molar refractivity (Wildman–Crippen MR) is 90.0 cm³/mol. The molecule has 0 aliphatic rings. The van der Waals surface area contributed by atoms with E-state index in [-0.39, 0.29) is 22.9 Å². The van der Waals surface area contributed by atoms with E-state index in [0.29, 0.717) is 11.4 Å². The number of amides is 1. The third-order valence-corrected chi connectivity index (χ3v) is 3.56. The van der Waals surface area contributed by atoms with E-state index in [2.05, 4.69) is 5.32 Å². The van der Waals surface area contributed by atoms with Gasteiger partial charge in [0.25, 0.3) is 0 Å². The van der Waals surface area contributed by atoms with Gasteiger partial charge in [-0.25, -0.2) is 4.79 Å². The molecular formula is C17H18N4O3. The van der Waals surface area contributed by atoms with Crippen molar-refractivity contribution in [2.24, 2.45) is 0 Å². The van der Waals surface area contributed by atoms with Gasteiger partial charge >= 0.3 is 5.97 Å². The molecule has 2 rings (SSSR count). The predicted octanol–water partition coefficient (Wildman–Crippen LogP) is 2.29. The number of carbonyl (C=O) groups is 2. The van der Waals surface area contributed by atoms with Crippen LogP contribution in [-0.2, 0) is 9.53 Å². The first-order chi connectivity index (χ1) is 11.3. The fourth-order valence-electron chi connectivity index (χ4n) is 2.58. The van der Waals surface area contributed by atoms with Crippen molar-refractivity contribution in [3.8, 4) is 11.8 Å². The van der Waals surface area contributed by atoms with E-state index in [1.54, 1.807) is 6.07 Å². The number of rotatable bonds is 3. The number of ether oxygens (including phenoxy) is 1. The molecule has 0 atom stereocenters. The highest BCUT2D eigenvalue weighted by molar-refractivity contribution is 5.97. The number of anilines is 2. The third-order valence-electron chi connectivity index (χ3n) is 3.56. The van der Waals surface area contributed by atoms with E-state index in [1.807, 2.05) is 26.0 Å². The van der Waals surface area contributed by atoms with Gasteiger partial charge in [-0.15, -0.1) is 0 Å². The first kappa shape index (κ1) is 17.1. The minimum Gasteiger partial charge on any atom is -0.464 e. The smallest absolute Gasteiger partial charge is 0.357 e. The van der Waals surface area contributed by atoms with Crippen LogP contribution < -0.4 is 11.1 Å². The zero-order valence-electron chi connectivity index (χ0n) is 13.9. The van der Waals surface area contributed by atoms with Crippen LogP contribution in [0.2, 0.25) is 0 Å². The monoisotopic (exact) mass is 326 g/mol. The summed E-state index contributed by atoms with van der Waals surface area (Å²) in [5, 5.41) is 12.0. The van der Waals surface area contributed by atoms with Gasteiger partial charge in [-0.05, 0) is 31.0 Å². The molecule has 0 radical (unpaired) electrons. The lowest BCUT2D eigenvalue weighted by atomic mass is 10.1. The van der Waals surface area contributed by atoms with Crippen LogP contribution in [0.3, 0.4) is 0 Å². The van der Waals surface area contributed by atoms with Crippen molar-refractivity contribution in [2.45, 2.75) is 20.8 Å². The molecule has 1 aromatic heterocycles. The number of aryl methyl sites for hydroxylation is 2. The fourth-order valence-corrected chi connectivity index (χ4v) is 2.58. The highest BCUT2D eigenvalue weighted by Gasteiger charge is 2.23. The first-order valence-electron chi connectivity index (χ1n) is 7.18. The van der Waals surface area contributed by atoms with Gasteiger partial charge in [-0.1, -0.05) is 6.07 Å². The molecule has 0 bridgehead atoms. The quantitative estimate of drug-likeness (QED) is 0.841. The summed E-state index contributed by atoms with van der Waals surface area (Å²) in [5.74, 6) is -0.912. The lowest BCUT2D eigenvalue weighted by Gasteiger charge is -2.17. The van der Waals surface area contributed by atoms with Crippen LogP contribution in [0.4, 0.5) is 11.4 Å². The Balaban J connectivity index is 2.84. The molecule has 0 aliphatic heterocycles. The van der Waals surface area contributed by atoms with Gasteiger partial charge in [-0.2, -0.15) is 5.26 Å². The second kappa shape index (κ2) is 6.46. The van der Waals surface area contributed by atoms with Crippen molar-refractivity contribution in [3.63, 3.8) is 0 Å². The van der Waals surface area contributed by atoms with Gasteiger partial charge in [0.2, 0.25) is 5.91 Å². The van der Waals surface area contributed by atoms with Gasteiger partial charge in [-0.3, -0.25) is 4.79 Å². The number of hydrogen-bond acceptors (Lipinski definition) is 5. The summed E-state index contributed by atoms with van der Waals surface area (Å²) in [4.78, 5) is 23.7. The number of hydrogen-bond donors (Lipinski definition) is 2. The molecule has 0 fully saturated rings. The molecule has 7 nitrogen and oxygen atoms in total. The number of aromatic nitrogens is 1. The molecule has 124 valence electrons. The van der Waals surface area contributed by atoms with Crippen molar-refractivity contribution in [1.82, 2.24) is 4.57 Å². The Bertz CT molecular complexity index is 875. The maximum atomic E-state index is 12.1. The zero-order chi connectivity index (χ0) is 18.0. The molecule has 0 unspecified atom stereocenters. The van der Waals surface area contributed by atoms with E-state index in [9.17, 15) is 14.9 Å². The molecule has 0 saturated heterocycles. The van der Waals surface area contributed by atoms with E-state index < -0.39 is 5.97 Å². The van der Waals surface area contributed by atoms with Crippen molar-refractivity contribution in [3.05, 3.63) is 40.7 Å². The summed E-state index contributed by atoms with van der Waals surface area (Å²) in [6.45, 7) is 5.14. The zero-order valence-corrected chi connectivity index (χ0v) is 13.9. The van der Waals surface area contributed by atoms with Crippen LogP contribution in [0, 0.1) is 25.2 Å². The number of nitrogen functional groups attached to an aromatic ring is 1. The number of carbonyl (C=O) groups excluding carboxylic acids is 2. The van der Waals surface area contributed by atoms with Crippen LogP contribution in [0.25, 0.3) is 5.69 Å². The number of esters is 1. The lowest BCUT2D eigenvalue weighted by Crippen LogP contribution is -2.15. The Hall–Kier alpha value is -3.27. The summed E-state index contributed by atoms with van der Waals surface area (Å²) in [7, 11) is 1.24. The first-order valence-corrected chi connectivity index (χ1v) is 7.18. The van der Waals surface area contributed by atoms with Crippen LogP contribution >= 0.6 is 0 Å². The summed E-state index contributed by atoms with van der Waals surface area (Å²) in [6.07, 6.45) is 1.46. The largest absolute Gasteiger partial charge is 0.464 e. The molecule has 1 heterocycles. The Kier molecular flexibility index (Phi) is 4.60. The molecule has 2 aromatic rings. The Labute approximate surface area is 139 Å². The normalized spacial score (nSPS) is 10.1. The Morgan fingerprint density at radius 1 is 1.33 bits per heavy atom. The summed E-state index contributed by atoms with van der Waals surface area (Å²) >= 11 is 0. The number of methoxy groups -OCH3 is 1. The number of nitrogens with one attached hydrogen (secondary N) is 1. The molecule has 1 amide bonds. The topological polar surface area (TPSA) is 110 Å². The maximum absolute atomic E-state index is 12.1. The van der Waals surface area contributed by atoms with Crippen molar-refractivity contribution < 1.29 is 14.3 Å². The second-order valence-electron chi connectivity index (χ2n) is 5.44. The van der Waals surface area contributed by atoms with Crippen molar-refractivity contribution in [2.75, 3.05) is 18.2 Å². The summed E-state index contributed by atoms with van der Waals surface area (Å²) in [6, 6.07) is 5.66. The summed E-state index contributed by atoms with van der Waals surface area (Å²) in [5.41, 5.74) is 8.99. The van der Waals surface area contributed by atoms with Gasteiger partial charge in [0, 0.05) is 13.1 Å². The van der Waals surface area contributed by atoms with E-state index >= 15 is 0 Å². The minimum atomic E-state index is -0.665. The molecule has 7 heteroatoms. The number of benzene rings is 1. The second-order valence-corrected chi connectivity index (χ2v) is 5.44. The van der Waals surface area contributed by atoms with Crippen LogP contribution in [0.1, 0.15) is 34.1 Å². The van der Waals surface area contributed by atoms with E-state index in [1.165, 1.54) is 24.8 Å². The average molecular weight is 326 g/mol. The molecule has 3 N–H and O–H groups in total. The highest BCUT2D eigenvalue weighted by atomic mass is 16.5. The van der Waals surface area contributed by atoms with E-state index in [4.69, 9.17) is 10.5 Å². The van der Waals surface area contributed by atoms with Gasteiger partial charge in [0.15, 0.2) is 5.69 Å². The van der Waals surface area contributed by atoms with Crippen LogP contribution in [0.5, 0.6) is 0 Å². The molecule has 0 spiro atoms. The molecule has 0 saturated carbocycles. The third kappa shape index (κ3) is 2.94. The van der Waals surface area contributed by atoms with Gasteiger partial charge < -0.3 is 20.4 Å². The van der Waals surface area contributed by atoms with Gasteiger partial charge in [0.05, 0.1) is 29.7 Å². The fraction of sp³-hybridized carbons (Fsp3) is 0.235. The lowest BCUT2D eigenvalue weighted by molar-refractivity contribution is -0.114. The van der Waals surface area contributed by atoms with Gasteiger partial charge in [0.1, 0.15) is 6.07 Å². The molecule has 24 heavy (non-hydrogen) atoms. The molecule has 0 aliphatic carbocycles. The van der Waals surface area contributed by atoms with Crippen LogP contribution in [0.15, 0.2) is 18.3 Å². The van der Waals surface area contributed by atoms with Crippen LogP contribution in [-0.4, -0.2) is 23.6 Å². The van der Waals surface area contributed by atoms with E-state index in [0.717, 1.165) is 11.1 Å². The summed E-state index contributed by atoms with van der Waals surface area (Å²) < 4.78 is 6.26. The number of nitrogens with zero attached hydrogens (tertiary/aromatic N) is 2. The average Bonchev–Trinajstić information content (AvgIpc) is 2.85. The maximum Gasteiger partial charge on any atom is 0.357 e. The standard InChI is InChI=1S/C17H18N4O3/c1-9-5-10(2)15(20-11(3)22)13(6-9)21-8-12(7-18)14(19)16(21)17(23)24-4/h5-6,8H,19H2,1-4H3,(H,20,22). The number of nitrogens with two attached hydrogens (primary N) is 1. The SMILES string of the molecule is COC(=O)c1c(N)c(C#N)cn1-c1cc(C)cc(C)c1NC(C)=O.